The van der Waals surface area contributed by atoms with E-state index in [-0.39, 0.29) is 30.4 Å². The predicted octanol–water partition coefficient (Wildman–Crippen LogP) is 3.18. The number of ether oxygens (including phenoxy) is 1. The second-order valence-corrected chi connectivity index (χ2v) is 8.99. The Morgan fingerprint density at radius 2 is 1.94 bits per heavy atom. The Bertz CT molecular complexity index is 934. The molecule has 1 saturated heterocycles. The molecule has 0 spiro atoms. The number of carbonyl (C=O) groups excluding carboxylic acids is 1. The molecule has 0 aromatic heterocycles. The lowest BCUT2D eigenvalue weighted by Crippen LogP contribution is -2.58. The minimum absolute atomic E-state index is 0.00270. The first-order valence-corrected chi connectivity index (χ1v) is 11.4. The van der Waals surface area contributed by atoms with Gasteiger partial charge >= 0.3 is 0 Å². The average Bonchev–Trinajstić information content (AvgIpc) is 3.18. The summed E-state index contributed by atoms with van der Waals surface area (Å²) in [5, 5.41) is 3.40. The van der Waals surface area contributed by atoms with Crippen LogP contribution in [0.25, 0.3) is 0 Å². The Kier molecular flexibility index (Phi) is 6.96. The lowest BCUT2D eigenvalue weighted by molar-refractivity contribution is -0.139. The maximum absolute atomic E-state index is 13.2. The summed E-state index contributed by atoms with van der Waals surface area (Å²) in [6.45, 7) is 7.94. The average molecular weight is 441 g/mol. The van der Waals surface area contributed by atoms with E-state index in [1.54, 1.807) is 0 Å². The van der Waals surface area contributed by atoms with Gasteiger partial charge in [-0.05, 0) is 68.3 Å². The van der Waals surface area contributed by atoms with Crippen LogP contribution in [-0.2, 0) is 11.3 Å². The van der Waals surface area contributed by atoms with Crippen molar-refractivity contribution >= 4 is 11.6 Å². The Morgan fingerprint density at radius 3 is 2.69 bits per heavy atom. The lowest BCUT2D eigenvalue weighted by Gasteiger charge is -2.44. The largest absolute Gasteiger partial charge is 0.484 e. The van der Waals surface area contributed by atoms with E-state index >= 15 is 0 Å². The van der Waals surface area contributed by atoms with Gasteiger partial charge in [-0.15, -0.1) is 0 Å². The molecule has 2 aliphatic rings. The monoisotopic (exact) mass is 440 g/mol. The fraction of sp³-hybridized carbons (Fsp3) is 0.480. The number of rotatable bonds is 7. The molecule has 1 amide bonds. The minimum atomic E-state index is -0.222. The molecule has 1 fully saturated rings. The molecule has 0 bridgehead atoms. The number of carbonyl (C=O) groups is 1. The molecular formula is C25H33FN4O2. The Balaban J connectivity index is 1.32. The fourth-order valence-corrected chi connectivity index (χ4v) is 4.75. The highest BCUT2D eigenvalue weighted by molar-refractivity contribution is 5.78. The highest BCUT2D eigenvalue weighted by Gasteiger charge is 2.32. The van der Waals surface area contributed by atoms with Crippen molar-refractivity contribution in [3.63, 3.8) is 0 Å². The van der Waals surface area contributed by atoms with Crippen LogP contribution in [0.3, 0.4) is 0 Å². The molecule has 0 aliphatic carbocycles. The summed E-state index contributed by atoms with van der Waals surface area (Å²) in [5.41, 5.74) is 9.16. The molecule has 3 N–H and O–H groups in total. The van der Waals surface area contributed by atoms with Gasteiger partial charge in [-0.25, -0.2) is 4.39 Å². The molecule has 1 unspecified atom stereocenters. The van der Waals surface area contributed by atoms with Gasteiger partial charge < -0.3 is 20.7 Å². The third-order valence-corrected chi connectivity index (χ3v) is 6.61. The van der Waals surface area contributed by atoms with Gasteiger partial charge in [0.2, 0.25) is 0 Å². The van der Waals surface area contributed by atoms with Crippen LogP contribution >= 0.6 is 0 Å². The molecule has 2 aromatic carbocycles. The number of halogens is 1. The normalized spacial score (nSPS) is 23.0. The SMILES string of the molecule is C[C@@H]1CN(Cc2ccc(F)cc2)[C@@H](C)CN1C(=O)COc1ccc2c(c1)C(CCN)CN2. The first-order chi connectivity index (χ1) is 15.4. The fourth-order valence-electron chi connectivity index (χ4n) is 4.75. The summed E-state index contributed by atoms with van der Waals surface area (Å²) in [4.78, 5) is 17.2. The number of nitrogens with two attached hydrogens (primary N) is 1. The number of anilines is 1. The maximum Gasteiger partial charge on any atom is 0.260 e. The maximum atomic E-state index is 13.2. The Labute approximate surface area is 189 Å². The number of piperazine rings is 1. The summed E-state index contributed by atoms with van der Waals surface area (Å²) < 4.78 is 19.1. The van der Waals surface area contributed by atoms with E-state index in [9.17, 15) is 9.18 Å². The van der Waals surface area contributed by atoms with E-state index in [1.807, 2.05) is 35.2 Å². The summed E-state index contributed by atoms with van der Waals surface area (Å²) >= 11 is 0. The van der Waals surface area contributed by atoms with Crippen LogP contribution in [0.1, 0.15) is 37.3 Å². The number of fused-ring (bicyclic) bond motifs is 1. The standard InChI is InChI=1S/C25H33FN4O2/c1-17-14-30(18(2)13-29(17)15-19-3-5-21(26)6-4-19)25(31)16-32-22-7-8-24-23(11-22)20(9-10-27)12-28-24/h3-8,11,17-18,20,28H,9-10,12-16,27H2,1-2H3/t17-,18+,20?/m0/s1. The second kappa shape index (κ2) is 9.88. The molecule has 0 radical (unpaired) electrons. The van der Waals surface area contributed by atoms with Crippen molar-refractivity contribution in [3.8, 4) is 5.75 Å². The van der Waals surface area contributed by atoms with E-state index in [1.165, 1.54) is 17.7 Å². The van der Waals surface area contributed by atoms with Gasteiger partial charge in [0.25, 0.3) is 5.91 Å². The number of hydrogen-bond donors (Lipinski definition) is 2. The number of hydrogen-bond acceptors (Lipinski definition) is 5. The third kappa shape index (κ3) is 5.05. The zero-order valence-electron chi connectivity index (χ0n) is 18.9. The van der Waals surface area contributed by atoms with Crippen LogP contribution < -0.4 is 15.8 Å². The number of nitrogens with zero attached hydrogens (tertiary/aromatic N) is 2. The van der Waals surface area contributed by atoms with Gasteiger partial charge in [-0.2, -0.15) is 0 Å². The first-order valence-electron chi connectivity index (χ1n) is 11.4. The summed E-state index contributed by atoms with van der Waals surface area (Å²) in [6.07, 6.45) is 0.931. The highest BCUT2D eigenvalue weighted by Crippen LogP contribution is 2.35. The van der Waals surface area contributed by atoms with Crippen molar-refractivity contribution in [1.29, 1.82) is 0 Å². The molecule has 3 atom stereocenters. The number of nitrogens with one attached hydrogen (secondary N) is 1. The molecule has 7 heteroatoms. The quantitative estimate of drug-likeness (QED) is 0.692. The second-order valence-electron chi connectivity index (χ2n) is 8.99. The number of amides is 1. The molecule has 32 heavy (non-hydrogen) atoms. The van der Waals surface area contributed by atoms with Gasteiger partial charge in [-0.1, -0.05) is 12.1 Å². The van der Waals surface area contributed by atoms with E-state index in [0.29, 0.717) is 19.0 Å². The molecular weight excluding hydrogens is 407 g/mol. The van der Waals surface area contributed by atoms with Gasteiger partial charge in [0.05, 0.1) is 0 Å². The van der Waals surface area contributed by atoms with Gasteiger partial charge in [0, 0.05) is 49.9 Å². The van der Waals surface area contributed by atoms with Crippen molar-refractivity contribution < 1.29 is 13.9 Å². The Morgan fingerprint density at radius 1 is 1.16 bits per heavy atom. The van der Waals surface area contributed by atoms with Crippen molar-refractivity contribution in [2.75, 3.05) is 38.1 Å². The molecule has 4 rings (SSSR count). The van der Waals surface area contributed by atoms with Crippen molar-refractivity contribution in [2.24, 2.45) is 5.73 Å². The van der Waals surface area contributed by atoms with Gasteiger partial charge in [0.15, 0.2) is 6.61 Å². The molecule has 2 heterocycles. The first kappa shape index (κ1) is 22.6. The van der Waals surface area contributed by atoms with Gasteiger partial charge in [-0.3, -0.25) is 9.69 Å². The molecule has 2 aliphatic heterocycles. The highest BCUT2D eigenvalue weighted by atomic mass is 19.1. The third-order valence-electron chi connectivity index (χ3n) is 6.61. The van der Waals surface area contributed by atoms with Crippen molar-refractivity contribution in [3.05, 3.63) is 59.4 Å². The Hall–Kier alpha value is -2.64. The van der Waals surface area contributed by atoms with Crippen LogP contribution in [0.2, 0.25) is 0 Å². The minimum Gasteiger partial charge on any atom is -0.484 e. The summed E-state index contributed by atoms with van der Waals surface area (Å²) in [6, 6.07) is 12.9. The van der Waals surface area contributed by atoms with E-state index in [4.69, 9.17) is 10.5 Å². The smallest absolute Gasteiger partial charge is 0.260 e. The van der Waals surface area contributed by atoms with Gasteiger partial charge in [0.1, 0.15) is 11.6 Å². The van der Waals surface area contributed by atoms with Crippen LogP contribution in [0.4, 0.5) is 10.1 Å². The molecule has 0 saturated carbocycles. The predicted molar refractivity (Wildman–Crippen MR) is 124 cm³/mol. The van der Waals surface area contributed by atoms with E-state index < -0.39 is 0 Å². The number of benzene rings is 2. The summed E-state index contributed by atoms with van der Waals surface area (Å²) in [7, 11) is 0. The van der Waals surface area contributed by atoms with Crippen LogP contribution in [0, 0.1) is 5.82 Å². The van der Waals surface area contributed by atoms with Crippen LogP contribution in [-0.4, -0.2) is 60.6 Å². The molecule has 6 nitrogen and oxygen atoms in total. The van der Waals surface area contributed by atoms with Crippen molar-refractivity contribution in [1.82, 2.24) is 9.80 Å². The topological polar surface area (TPSA) is 70.8 Å². The zero-order chi connectivity index (χ0) is 22.7. The van der Waals surface area contributed by atoms with Crippen LogP contribution in [0.15, 0.2) is 42.5 Å². The summed E-state index contributed by atoms with van der Waals surface area (Å²) in [5.74, 6) is 0.894. The molecule has 2 aromatic rings. The lowest BCUT2D eigenvalue weighted by atomic mass is 9.98. The van der Waals surface area contributed by atoms with E-state index in [0.717, 1.165) is 43.1 Å². The zero-order valence-corrected chi connectivity index (χ0v) is 18.9. The van der Waals surface area contributed by atoms with E-state index in [2.05, 4.69) is 24.1 Å². The van der Waals surface area contributed by atoms with Crippen molar-refractivity contribution in [2.45, 2.75) is 44.8 Å². The molecule has 172 valence electrons. The van der Waals surface area contributed by atoms with Crippen LogP contribution in [0.5, 0.6) is 5.75 Å².